The Morgan fingerprint density at radius 1 is 1.22 bits per heavy atom. The van der Waals surface area contributed by atoms with E-state index in [1.165, 1.54) is 0 Å². The molecule has 0 amide bonds. The molecule has 0 radical (unpaired) electrons. The maximum absolute atomic E-state index is 9.71. The van der Waals surface area contributed by atoms with Gasteiger partial charge < -0.3 is 15.7 Å². The maximum atomic E-state index is 9.71. The highest BCUT2D eigenvalue weighted by Gasteiger charge is 2.21. The van der Waals surface area contributed by atoms with Crippen LogP contribution >= 0.6 is 0 Å². The minimum Gasteiger partial charge on any atom is -0.391 e. The van der Waals surface area contributed by atoms with Crippen LogP contribution in [0.15, 0.2) is 24.3 Å². The van der Waals surface area contributed by atoms with Crippen LogP contribution in [0.2, 0.25) is 0 Å². The van der Waals surface area contributed by atoms with Crippen LogP contribution < -0.4 is 10.6 Å². The smallest absolute Gasteiger partial charge is 0.172 e. The average Bonchev–Trinajstić information content (AvgIpc) is 2.38. The zero-order valence-electron chi connectivity index (χ0n) is 10.1. The zero-order chi connectivity index (χ0) is 12.5. The summed E-state index contributed by atoms with van der Waals surface area (Å²) in [7, 11) is 0. The molecule has 0 bridgehead atoms. The van der Waals surface area contributed by atoms with E-state index >= 15 is 0 Å². The number of aliphatic hydroxyl groups is 1. The number of piperidine rings is 1. The van der Waals surface area contributed by atoms with Gasteiger partial charge in [0.05, 0.1) is 17.1 Å². The molecule has 1 aromatic heterocycles. The fraction of sp³-hybridized carbons (Fsp3) is 0.385. The number of anilines is 2. The highest BCUT2D eigenvalue weighted by Crippen LogP contribution is 2.25. The maximum Gasteiger partial charge on any atom is 0.172 e. The zero-order valence-corrected chi connectivity index (χ0v) is 10.1. The first-order valence-corrected chi connectivity index (χ1v) is 6.19. The SMILES string of the molecule is Nc1nc2ccccc2nc1N1CCC[C@@H](O)C1. The number of β-amino-alcohol motifs (C(OH)–C–C–N with tert-alkyl or cyclic N) is 1. The van der Waals surface area contributed by atoms with Gasteiger partial charge in [-0.2, -0.15) is 0 Å². The molecule has 3 rings (SSSR count). The van der Waals surface area contributed by atoms with Crippen LogP contribution in [0.4, 0.5) is 11.6 Å². The summed E-state index contributed by atoms with van der Waals surface area (Å²) in [5.41, 5.74) is 7.60. The molecule has 3 N–H and O–H groups in total. The van der Waals surface area contributed by atoms with Crippen LogP contribution in [0, 0.1) is 0 Å². The molecule has 1 aliphatic rings. The molecule has 18 heavy (non-hydrogen) atoms. The van der Waals surface area contributed by atoms with Gasteiger partial charge in [0.15, 0.2) is 11.6 Å². The molecule has 0 unspecified atom stereocenters. The number of benzene rings is 1. The van der Waals surface area contributed by atoms with Crippen LogP contribution in [0.25, 0.3) is 11.0 Å². The Bertz CT molecular complexity index is 572. The highest BCUT2D eigenvalue weighted by molar-refractivity contribution is 5.79. The number of aromatic nitrogens is 2. The quantitative estimate of drug-likeness (QED) is 0.787. The standard InChI is InChI=1S/C13H16N4O/c14-12-13(17-7-3-4-9(18)8-17)16-11-6-2-1-5-10(11)15-12/h1-2,5-6,9,18H,3-4,7-8H2,(H2,14,15)/t9-/m1/s1. The summed E-state index contributed by atoms with van der Waals surface area (Å²) < 4.78 is 0. The van der Waals surface area contributed by atoms with E-state index in [0.29, 0.717) is 18.2 Å². The molecule has 0 spiro atoms. The average molecular weight is 244 g/mol. The fourth-order valence-electron chi connectivity index (χ4n) is 2.38. The third-order valence-corrected chi connectivity index (χ3v) is 3.27. The van der Waals surface area contributed by atoms with Gasteiger partial charge in [0, 0.05) is 13.1 Å². The minimum atomic E-state index is -0.300. The predicted octanol–water partition coefficient (Wildman–Crippen LogP) is 1.17. The summed E-state index contributed by atoms with van der Waals surface area (Å²) in [6.07, 6.45) is 1.50. The van der Waals surface area contributed by atoms with Gasteiger partial charge in [-0.15, -0.1) is 0 Å². The molecule has 1 atom stereocenters. The molecule has 1 aromatic carbocycles. The van der Waals surface area contributed by atoms with Crippen molar-refractivity contribution in [1.29, 1.82) is 0 Å². The van der Waals surface area contributed by atoms with Crippen molar-refractivity contribution in [2.24, 2.45) is 0 Å². The number of nitrogens with two attached hydrogens (primary N) is 1. The van der Waals surface area contributed by atoms with Crippen LogP contribution in [-0.2, 0) is 0 Å². The topological polar surface area (TPSA) is 75.3 Å². The van der Waals surface area contributed by atoms with E-state index in [1.807, 2.05) is 29.2 Å². The molecule has 5 heteroatoms. The molecule has 1 aliphatic heterocycles. The Morgan fingerprint density at radius 3 is 2.67 bits per heavy atom. The van der Waals surface area contributed by atoms with Crippen LogP contribution in [0.5, 0.6) is 0 Å². The molecule has 2 aromatic rings. The van der Waals surface area contributed by atoms with Crippen LogP contribution in [-0.4, -0.2) is 34.3 Å². The molecule has 2 heterocycles. The van der Waals surface area contributed by atoms with Crippen molar-refractivity contribution >= 4 is 22.7 Å². The number of hydrogen-bond donors (Lipinski definition) is 2. The number of rotatable bonds is 1. The third-order valence-electron chi connectivity index (χ3n) is 3.27. The van der Waals surface area contributed by atoms with E-state index in [2.05, 4.69) is 9.97 Å². The lowest BCUT2D eigenvalue weighted by Crippen LogP contribution is -2.39. The molecule has 0 saturated carbocycles. The van der Waals surface area contributed by atoms with E-state index in [4.69, 9.17) is 5.73 Å². The summed E-state index contributed by atoms with van der Waals surface area (Å²) >= 11 is 0. The predicted molar refractivity (Wildman–Crippen MR) is 71.4 cm³/mol. The van der Waals surface area contributed by atoms with Crippen molar-refractivity contribution < 1.29 is 5.11 Å². The second-order valence-electron chi connectivity index (χ2n) is 4.66. The highest BCUT2D eigenvalue weighted by atomic mass is 16.3. The Kier molecular flexibility index (Phi) is 2.76. The second kappa shape index (κ2) is 4.42. The van der Waals surface area contributed by atoms with Crippen molar-refractivity contribution in [3.05, 3.63) is 24.3 Å². The Balaban J connectivity index is 2.02. The molecule has 1 fully saturated rings. The number of nitrogen functional groups attached to an aromatic ring is 1. The Labute approximate surface area is 105 Å². The van der Waals surface area contributed by atoms with Crippen LogP contribution in [0.1, 0.15) is 12.8 Å². The first kappa shape index (κ1) is 11.2. The van der Waals surface area contributed by atoms with E-state index in [-0.39, 0.29) is 6.10 Å². The summed E-state index contributed by atoms with van der Waals surface area (Å²) in [5, 5.41) is 9.71. The number of fused-ring (bicyclic) bond motifs is 1. The summed E-state index contributed by atoms with van der Waals surface area (Å²) in [5.74, 6) is 1.12. The lowest BCUT2D eigenvalue weighted by atomic mass is 10.1. The van der Waals surface area contributed by atoms with E-state index in [0.717, 1.165) is 30.4 Å². The molecular weight excluding hydrogens is 228 g/mol. The minimum absolute atomic E-state index is 0.300. The number of hydrogen-bond acceptors (Lipinski definition) is 5. The van der Waals surface area contributed by atoms with Crippen molar-refractivity contribution in [3.8, 4) is 0 Å². The normalized spacial score (nSPS) is 20.3. The van der Waals surface area contributed by atoms with Gasteiger partial charge >= 0.3 is 0 Å². The summed E-state index contributed by atoms with van der Waals surface area (Å²) in [4.78, 5) is 10.9. The Hall–Kier alpha value is -1.88. The van der Waals surface area contributed by atoms with Gasteiger partial charge in [0.25, 0.3) is 0 Å². The lowest BCUT2D eigenvalue weighted by Gasteiger charge is -2.31. The molecule has 1 saturated heterocycles. The first-order chi connectivity index (χ1) is 8.74. The van der Waals surface area contributed by atoms with Gasteiger partial charge in [0.1, 0.15) is 0 Å². The molecular formula is C13H16N4O. The monoisotopic (exact) mass is 244 g/mol. The first-order valence-electron chi connectivity index (χ1n) is 6.19. The summed E-state index contributed by atoms with van der Waals surface area (Å²) in [6.45, 7) is 1.45. The fourth-order valence-corrected chi connectivity index (χ4v) is 2.38. The van der Waals surface area contributed by atoms with Gasteiger partial charge in [0.2, 0.25) is 0 Å². The van der Waals surface area contributed by atoms with Gasteiger partial charge in [-0.1, -0.05) is 12.1 Å². The third kappa shape index (κ3) is 1.97. The van der Waals surface area contributed by atoms with Gasteiger partial charge in [-0.3, -0.25) is 0 Å². The molecule has 0 aliphatic carbocycles. The molecule has 94 valence electrons. The Morgan fingerprint density at radius 2 is 1.94 bits per heavy atom. The van der Waals surface area contributed by atoms with E-state index in [9.17, 15) is 5.11 Å². The lowest BCUT2D eigenvalue weighted by molar-refractivity contribution is 0.154. The van der Waals surface area contributed by atoms with Gasteiger partial charge in [-0.25, -0.2) is 9.97 Å². The number of nitrogens with zero attached hydrogens (tertiary/aromatic N) is 3. The van der Waals surface area contributed by atoms with Crippen molar-refractivity contribution in [2.75, 3.05) is 23.7 Å². The largest absolute Gasteiger partial charge is 0.391 e. The second-order valence-corrected chi connectivity index (χ2v) is 4.66. The van der Waals surface area contributed by atoms with Crippen molar-refractivity contribution in [1.82, 2.24) is 9.97 Å². The number of para-hydroxylation sites is 2. The number of aliphatic hydroxyl groups excluding tert-OH is 1. The summed E-state index contributed by atoms with van der Waals surface area (Å²) in [6, 6.07) is 7.67. The van der Waals surface area contributed by atoms with Crippen molar-refractivity contribution in [2.45, 2.75) is 18.9 Å². The van der Waals surface area contributed by atoms with Gasteiger partial charge in [-0.05, 0) is 25.0 Å². The molecule has 5 nitrogen and oxygen atoms in total. The van der Waals surface area contributed by atoms with E-state index < -0.39 is 0 Å². The van der Waals surface area contributed by atoms with Crippen LogP contribution in [0.3, 0.4) is 0 Å². The van der Waals surface area contributed by atoms with E-state index in [1.54, 1.807) is 0 Å². The van der Waals surface area contributed by atoms with Crippen molar-refractivity contribution in [3.63, 3.8) is 0 Å².